The highest BCUT2D eigenvalue weighted by Crippen LogP contribution is 2.32. The molecule has 3 heterocycles. The van der Waals surface area contributed by atoms with Crippen molar-refractivity contribution in [1.29, 1.82) is 0 Å². The van der Waals surface area contributed by atoms with Crippen LogP contribution in [0.15, 0.2) is 24.3 Å². The van der Waals surface area contributed by atoms with Gasteiger partial charge < -0.3 is 24.4 Å². The van der Waals surface area contributed by atoms with Crippen LogP contribution in [0.2, 0.25) is 0 Å². The van der Waals surface area contributed by atoms with Gasteiger partial charge in [0, 0.05) is 24.8 Å². The van der Waals surface area contributed by atoms with E-state index in [1.54, 1.807) is 4.90 Å². The summed E-state index contributed by atoms with van der Waals surface area (Å²) < 4.78 is 16.7. The van der Waals surface area contributed by atoms with Crippen LogP contribution in [-0.4, -0.2) is 46.9 Å². The maximum Gasteiger partial charge on any atom is 0.317 e. The number of nitrogens with zero attached hydrogens (tertiary/aromatic N) is 3. The highest BCUT2D eigenvalue weighted by Gasteiger charge is 2.25. The third kappa shape index (κ3) is 4.27. The van der Waals surface area contributed by atoms with E-state index in [2.05, 4.69) is 15.3 Å². The molecule has 8 nitrogen and oxygen atoms in total. The Balaban J connectivity index is 1.31. The first-order chi connectivity index (χ1) is 13.6. The summed E-state index contributed by atoms with van der Waals surface area (Å²) in [6, 6.07) is 7.41. The molecule has 0 saturated carbocycles. The van der Waals surface area contributed by atoms with E-state index in [0.29, 0.717) is 37.1 Å². The molecule has 148 valence electrons. The maximum absolute atomic E-state index is 12.6. The van der Waals surface area contributed by atoms with Crippen molar-refractivity contribution in [2.24, 2.45) is 0 Å². The Labute approximate surface area is 163 Å². The summed E-state index contributed by atoms with van der Waals surface area (Å²) in [5, 5.41) is 2.97. The minimum Gasteiger partial charge on any atom is -0.472 e. The zero-order valence-electron chi connectivity index (χ0n) is 16.1. The lowest BCUT2D eigenvalue weighted by Gasteiger charge is -2.32. The zero-order valence-corrected chi connectivity index (χ0v) is 16.1. The van der Waals surface area contributed by atoms with E-state index in [0.717, 1.165) is 29.8 Å². The molecule has 0 bridgehead atoms. The molecule has 1 aromatic heterocycles. The lowest BCUT2D eigenvalue weighted by atomic mass is 10.1. The van der Waals surface area contributed by atoms with Gasteiger partial charge >= 0.3 is 6.03 Å². The Morgan fingerprint density at radius 1 is 1.25 bits per heavy atom. The van der Waals surface area contributed by atoms with Crippen LogP contribution in [0.4, 0.5) is 4.79 Å². The number of nitrogens with one attached hydrogen (secondary N) is 1. The molecule has 1 fully saturated rings. The Kier molecular flexibility index (Phi) is 5.18. The second-order valence-electron chi connectivity index (χ2n) is 7.07. The van der Waals surface area contributed by atoms with E-state index in [1.165, 1.54) is 0 Å². The number of rotatable bonds is 4. The van der Waals surface area contributed by atoms with Crippen molar-refractivity contribution >= 4 is 6.03 Å². The number of hydrogen-bond donors (Lipinski definition) is 1. The monoisotopic (exact) mass is 384 g/mol. The Morgan fingerprint density at radius 3 is 2.96 bits per heavy atom. The smallest absolute Gasteiger partial charge is 0.317 e. The average Bonchev–Trinajstić information content (AvgIpc) is 3.13. The van der Waals surface area contributed by atoms with E-state index >= 15 is 0 Å². The van der Waals surface area contributed by atoms with Crippen LogP contribution >= 0.6 is 0 Å². The first-order valence-corrected chi connectivity index (χ1v) is 9.47. The maximum atomic E-state index is 12.6. The molecular weight excluding hydrogens is 360 g/mol. The summed E-state index contributed by atoms with van der Waals surface area (Å²) in [6.45, 7) is 5.69. The van der Waals surface area contributed by atoms with Crippen LogP contribution in [0.25, 0.3) is 0 Å². The van der Waals surface area contributed by atoms with Crippen molar-refractivity contribution in [2.45, 2.75) is 39.3 Å². The quantitative estimate of drug-likeness (QED) is 0.872. The highest BCUT2D eigenvalue weighted by molar-refractivity contribution is 5.74. The van der Waals surface area contributed by atoms with Crippen LogP contribution in [0.1, 0.15) is 29.9 Å². The summed E-state index contributed by atoms with van der Waals surface area (Å²) in [6.07, 6.45) is 1.72. The minimum atomic E-state index is -0.0963. The van der Waals surface area contributed by atoms with Gasteiger partial charge in [-0.25, -0.2) is 9.78 Å². The van der Waals surface area contributed by atoms with Gasteiger partial charge in [0.1, 0.15) is 11.9 Å². The van der Waals surface area contributed by atoms with Gasteiger partial charge in [0.25, 0.3) is 0 Å². The molecule has 8 heteroatoms. The van der Waals surface area contributed by atoms with Crippen LogP contribution in [0, 0.1) is 13.8 Å². The molecule has 0 aliphatic carbocycles. The molecule has 0 radical (unpaired) electrons. The number of aryl methyl sites for hydroxylation is 2. The lowest BCUT2D eigenvalue weighted by Crippen LogP contribution is -2.48. The van der Waals surface area contributed by atoms with Gasteiger partial charge in [-0.2, -0.15) is 4.98 Å². The Hall–Kier alpha value is -3.03. The zero-order chi connectivity index (χ0) is 19.5. The van der Waals surface area contributed by atoms with Crippen molar-refractivity contribution < 1.29 is 19.0 Å². The largest absolute Gasteiger partial charge is 0.472 e. The van der Waals surface area contributed by atoms with Crippen molar-refractivity contribution in [2.75, 3.05) is 19.9 Å². The first kappa shape index (κ1) is 18.3. The summed E-state index contributed by atoms with van der Waals surface area (Å²) in [4.78, 5) is 23.0. The number of piperidine rings is 1. The number of carbonyl (C=O) groups excluding carboxylic acids is 1. The van der Waals surface area contributed by atoms with Crippen molar-refractivity contribution in [3.8, 4) is 17.4 Å². The van der Waals surface area contributed by atoms with E-state index in [9.17, 15) is 4.79 Å². The number of amides is 2. The van der Waals surface area contributed by atoms with Crippen LogP contribution < -0.4 is 19.5 Å². The molecule has 2 aliphatic heterocycles. The topological polar surface area (TPSA) is 85.8 Å². The molecule has 1 saturated heterocycles. The number of likely N-dealkylation sites (tertiary alicyclic amines) is 1. The molecule has 0 unspecified atom stereocenters. The Bertz CT molecular complexity index is 853. The molecule has 28 heavy (non-hydrogen) atoms. The van der Waals surface area contributed by atoms with Crippen molar-refractivity contribution in [3.05, 3.63) is 41.3 Å². The fraction of sp³-hybridized carbons (Fsp3) is 0.450. The van der Waals surface area contributed by atoms with Crippen molar-refractivity contribution in [3.63, 3.8) is 0 Å². The second-order valence-corrected chi connectivity index (χ2v) is 7.07. The summed E-state index contributed by atoms with van der Waals surface area (Å²) in [5.41, 5.74) is 1.84. The van der Waals surface area contributed by atoms with Crippen LogP contribution in [0.5, 0.6) is 17.4 Å². The molecule has 0 spiro atoms. The van der Waals surface area contributed by atoms with Gasteiger partial charge in [0.15, 0.2) is 11.5 Å². The second kappa shape index (κ2) is 7.92. The van der Waals surface area contributed by atoms with E-state index < -0.39 is 0 Å². The van der Waals surface area contributed by atoms with E-state index in [1.807, 2.05) is 38.1 Å². The van der Waals surface area contributed by atoms with Gasteiger partial charge in [-0.1, -0.05) is 6.07 Å². The lowest BCUT2D eigenvalue weighted by molar-refractivity contribution is 0.0974. The number of carbonyl (C=O) groups is 1. The van der Waals surface area contributed by atoms with E-state index in [-0.39, 0.29) is 18.9 Å². The van der Waals surface area contributed by atoms with Crippen molar-refractivity contribution in [1.82, 2.24) is 20.2 Å². The standard InChI is InChI=1S/C20H24N4O4/c1-13-8-19(23-14(2)22-13)28-16-4-3-7-24(11-16)20(25)21-10-15-5-6-17-18(9-15)27-12-26-17/h5-6,8-9,16H,3-4,7,10-12H2,1-2H3,(H,21,25)/t16-/m1/s1. The number of fused-ring (bicyclic) bond motifs is 1. The fourth-order valence-corrected chi connectivity index (χ4v) is 3.47. The molecule has 1 aromatic carbocycles. The van der Waals surface area contributed by atoms with Gasteiger partial charge in [-0.3, -0.25) is 0 Å². The number of hydrogen-bond acceptors (Lipinski definition) is 6. The first-order valence-electron chi connectivity index (χ1n) is 9.47. The number of ether oxygens (including phenoxy) is 3. The fourth-order valence-electron chi connectivity index (χ4n) is 3.47. The minimum absolute atomic E-state index is 0.0706. The van der Waals surface area contributed by atoms with Gasteiger partial charge in [-0.05, 0) is 44.4 Å². The van der Waals surface area contributed by atoms with Crippen LogP contribution in [0.3, 0.4) is 0 Å². The summed E-state index contributed by atoms with van der Waals surface area (Å²) >= 11 is 0. The summed E-state index contributed by atoms with van der Waals surface area (Å²) in [5.74, 6) is 2.71. The third-order valence-corrected chi connectivity index (χ3v) is 4.78. The van der Waals surface area contributed by atoms with Gasteiger partial charge in [-0.15, -0.1) is 0 Å². The molecule has 1 atom stereocenters. The normalized spacial score (nSPS) is 18.1. The predicted octanol–water partition coefficient (Wildman–Crippen LogP) is 2.58. The molecule has 2 amide bonds. The average molecular weight is 384 g/mol. The number of benzene rings is 1. The molecular formula is C20H24N4O4. The summed E-state index contributed by atoms with van der Waals surface area (Å²) in [7, 11) is 0. The number of aromatic nitrogens is 2. The molecule has 2 aromatic rings. The molecule has 4 rings (SSSR count). The van der Waals surface area contributed by atoms with Crippen LogP contribution in [-0.2, 0) is 6.54 Å². The molecule has 1 N–H and O–H groups in total. The van der Waals surface area contributed by atoms with Gasteiger partial charge in [0.05, 0.1) is 6.54 Å². The highest BCUT2D eigenvalue weighted by atomic mass is 16.7. The van der Waals surface area contributed by atoms with Gasteiger partial charge in [0.2, 0.25) is 12.7 Å². The SMILES string of the molecule is Cc1cc(O[C@@H]2CCCN(C(=O)NCc3ccc4c(c3)OCO4)C2)nc(C)n1. The third-order valence-electron chi connectivity index (χ3n) is 4.78. The number of urea groups is 1. The Morgan fingerprint density at radius 2 is 2.11 bits per heavy atom. The van der Waals surface area contributed by atoms with E-state index in [4.69, 9.17) is 14.2 Å². The predicted molar refractivity (Wildman–Crippen MR) is 102 cm³/mol. The molecule has 2 aliphatic rings.